The maximum atomic E-state index is 12.5. The van der Waals surface area contributed by atoms with Crippen LogP contribution in [0.3, 0.4) is 0 Å². The predicted molar refractivity (Wildman–Crippen MR) is 85.2 cm³/mol. The van der Waals surface area contributed by atoms with Gasteiger partial charge in [0.25, 0.3) is 5.91 Å². The number of ether oxygens (including phenoxy) is 2. The van der Waals surface area contributed by atoms with E-state index < -0.39 is 29.2 Å². The zero-order valence-electron chi connectivity index (χ0n) is 13.4. The summed E-state index contributed by atoms with van der Waals surface area (Å²) in [5.41, 5.74) is -1.09. The number of nitrogens with zero attached hydrogens (tertiary/aromatic N) is 1. The molecule has 1 amide bonds. The molecule has 7 nitrogen and oxygen atoms in total. The number of amides is 1. The maximum absolute atomic E-state index is 12.5. The first kappa shape index (κ1) is 19.0. The third-order valence-corrected chi connectivity index (χ3v) is 3.22. The normalized spacial score (nSPS) is 10.9. The molecule has 0 aliphatic carbocycles. The van der Waals surface area contributed by atoms with Crippen molar-refractivity contribution >= 4 is 17.3 Å². The van der Waals surface area contributed by atoms with Gasteiger partial charge in [-0.05, 0) is 36.4 Å². The number of halogens is 3. The molecule has 2 aromatic carbocycles. The smallest absolute Gasteiger partial charge is 0.416 e. The summed E-state index contributed by atoms with van der Waals surface area (Å²) in [7, 11) is 1.34. The summed E-state index contributed by atoms with van der Waals surface area (Å²) < 4.78 is 47.4. The molecule has 26 heavy (non-hydrogen) atoms. The van der Waals surface area contributed by atoms with Crippen LogP contribution in [0.4, 0.5) is 24.5 Å². The van der Waals surface area contributed by atoms with Crippen molar-refractivity contribution in [3.63, 3.8) is 0 Å². The monoisotopic (exact) mass is 370 g/mol. The van der Waals surface area contributed by atoms with Crippen LogP contribution < -0.4 is 14.8 Å². The van der Waals surface area contributed by atoms with Crippen molar-refractivity contribution < 1.29 is 32.4 Å². The summed E-state index contributed by atoms with van der Waals surface area (Å²) >= 11 is 0. The fourth-order valence-corrected chi connectivity index (χ4v) is 1.97. The van der Waals surface area contributed by atoms with Crippen LogP contribution in [0.2, 0.25) is 0 Å². The van der Waals surface area contributed by atoms with Gasteiger partial charge in [0.15, 0.2) is 12.4 Å². The fourth-order valence-electron chi connectivity index (χ4n) is 1.97. The number of carbonyl (C=O) groups excluding carboxylic acids is 1. The Morgan fingerprint density at radius 2 is 1.85 bits per heavy atom. The highest BCUT2D eigenvalue weighted by Gasteiger charge is 2.30. The highest BCUT2D eigenvalue weighted by molar-refractivity contribution is 5.91. The van der Waals surface area contributed by atoms with Crippen LogP contribution in [0, 0.1) is 10.1 Å². The van der Waals surface area contributed by atoms with Crippen molar-refractivity contribution in [1.82, 2.24) is 0 Å². The Hall–Kier alpha value is -3.30. The quantitative estimate of drug-likeness (QED) is 0.619. The molecule has 2 rings (SSSR count). The van der Waals surface area contributed by atoms with Gasteiger partial charge in [0.1, 0.15) is 5.75 Å². The van der Waals surface area contributed by atoms with Crippen molar-refractivity contribution in [2.75, 3.05) is 19.0 Å². The minimum absolute atomic E-state index is 0.135. The molecule has 0 fully saturated rings. The lowest BCUT2D eigenvalue weighted by Crippen LogP contribution is -2.20. The van der Waals surface area contributed by atoms with Crippen molar-refractivity contribution in [2.24, 2.45) is 0 Å². The van der Waals surface area contributed by atoms with Gasteiger partial charge in [0, 0.05) is 5.69 Å². The second-order valence-electron chi connectivity index (χ2n) is 5.00. The fraction of sp³-hybridized carbons (Fsp3) is 0.188. The number of rotatable bonds is 6. The highest BCUT2D eigenvalue weighted by Crippen LogP contribution is 2.31. The van der Waals surface area contributed by atoms with Crippen LogP contribution in [0.5, 0.6) is 11.5 Å². The second kappa shape index (κ2) is 7.72. The van der Waals surface area contributed by atoms with Gasteiger partial charge >= 0.3 is 11.9 Å². The van der Waals surface area contributed by atoms with E-state index in [1.54, 1.807) is 0 Å². The molecule has 0 aromatic heterocycles. The van der Waals surface area contributed by atoms with Gasteiger partial charge in [0.2, 0.25) is 0 Å². The number of carbonyl (C=O) groups is 1. The first-order valence-corrected chi connectivity index (χ1v) is 7.13. The molecular formula is C16H13F3N2O5. The minimum Gasteiger partial charge on any atom is -0.496 e. The van der Waals surface area contributed by atoms with Crippen LogP contribution >= 0.6 is 0 Å². The Morgan fingerprint density at radius 1 is 1.19 bits per heavy atom. The van der Waals surface area contributed by atoms with E-state index in [4.69, 9.17) is 9.47 Å². The third kappa shape index (κ3) is 4.85. The average Bonchev–Trinajstić information content (AvgIpc) is 2.59. The molecule has 0 saturated carbocycles. The summed E-state index contributed by atoms with van der Waals surface area (Å²) in [4.78, 5) is 22.1. The zero-order valence-corrected chi connectivity index (χ0v) is 13.4. The van der Waals surface area contributed by atoms with E-state index in [0.717, 1.165) is 30.3 Å². The van der Waals surface area contributed by atoms with E-state index in [1.165, 1.54) is 19.2 Å². The zero-order chi connectivity index (χ0) is 19.3. The highest BCUT2D eigenvalue weighted by atomic mass is 19.4. The minimum atomic E-state index is -4.47. The average molecular weight is 370 g/mol. The largest absolute Gasteiger partial charge is 0.496 e. The number of methoxy groups -OCH3 is 1. The summed E-state index contributed by atoms with van der Waals surface area (Å²) in [6.45, 7) is -0.561. The lowest BCUT2D eigenvalue weighted by atomic mass is 10.2. The molecule has 0 saturated heterocycles. The van der Waals surface area contributed by atoms with Crippen LogP contribution in [-0.2, 0) is 11.0 Å². The Balaban J connectivity index is 2.00. The van der Waals surface area contributed by atoms with Gasteiger partial charge in [-0.3, -0.25) is 14.9 Å². The van der Waals surface area contributed by atoms with Crippen LogP contribution in [-0.4, -0.2) is 24.5 Å². The van der Waals surface area contributed by atoms with E-state index in [9.17, 15) is 28.1 Å². The van der Waals surface area contributed by atoms with Crippen molar-refractivity contribution in [3.05, 3.63) is 58.1 Å². The number of hydrogen-bond donors (Lipinski definition) is 1. The number of anilines is 1. The Kier molecular flexibility index (Phi) is 5.65. The van der Waals surface area contributed by atoms with Gasteiger partial charge in [0.05, 0.1) is 23.7 Å². The number of nitro benzene ring substituents is 1. The Bertz CT molecular complexity index is 807. The second-order valence-corrected chi connectivity index (χ2v) is 5.00. The first-order valence-electron chi connectivity index (χ1n) is 7.13. The molecule has 0 unspecified atom stereocenters. The van der Waals surface area contributed by atoms with E-state index in [-0.39, 0.29) is 22.9 Å². The number of nitro groups is 1. The molecule has 1 N–H and O–H groups in total. The topological polar surface area (TPSA) is 90.7 Å². The Labute approximate surface area is 145 Å². The predicted octanol–water partition coefficient (Wildman–Crippen LogP) is 3.64. The summed E-state index contributed by atoms with van der Waals surface area (Å²) in [5, 5.41) is 13.4. The van der Waals surface area contributed by atoms with E-state index in [2.05, 4.69) is 5.32 Å². The lowest BCUT2D eigenvalue weighted by molar-refractivity contribution is -0.385. The third-order valence-electron chi connectivity index (χ3n) is 3.22. The van der Waals surface area contributed by atoms with Gasteiger partial charge in [-0.15, -0.1) is 0 Å². The molecule has 0 radical (unpaired) electrons. The van der Waals surface area contributed by atoms with Gasteiger partial charge in [-0.2, -0.15) is 13.2 Å². The first-order chi connectivity index (χ1) is 12.2. The van der Waals surface area contributed by atoms with E-state index in [1.807, 2.05) is 0 Å². The van der Waals surface area contributed by atoms with E-state index >= 15 is 0 Å². The number of hydrogen-bond acceptors (Lipinski definition) is 5. The Morgan fingerprint density at radius 3 is 2.38 bits per heavy atom. The van der Waals surface area contributed by atoms with Crippen molar-refractivity contribution in [3.8, 4) is 11.5 Å². The van der Waals surface area contributed by atoms with Gasteiger partial charge < -0.3 is 14.8 Å². The molecule has 0 atom stereocenters. The van der Waals surface area contributed by atoms with Crippen molar-refractivity contribution in [1.29, 1.82) is 0 Å². The van der Waals surface area contributed by atoms with Crippen molar-refractivity contribution in [2.45, 2.75) is 6.18 Å². The molecule has 2 aromatic rings. The lowest BCUT2D eigenvalue weighted by Gasteiger charge is -2.10. The molecule has 0 aliphatic heterocycles. The molecule has 0 spiro atoms. The van der Waals surface area contributed by atoms with Gasteiger partial charge in [-0.25, -0.2) is 0 Å². The van der Waals surface area contributed by atoms with Crippen LogP contribution in [0.15, 0.2) is 42.5 Å². The summed E-state index contributed by atoms with van der Waals surface area (Å²) in [6, 6.07) is 7.68. The van der Waals surface area contributed by atoms with Gasteiger partial charge in [-0.1, -0.05) is 0 Å². The molecule has 0 aliphatic rings. The molecule has 138 valence electrons. The number of nitrogens with one attached hydrogen (secondary N) is 1. The molecule has 0 bridgehead atoms. The number of benzene rings is 2. The SMILES string of the molecule is COc1ccc(OCC(=O)Nc2ccc(C(F)(F)F)cc2)c([N+](=O)[O-])c1. The maximum Gasteiger partial charge on any atom is 0.416 e. The molecule has 0 heterocycles. The summed E-state index contributed by atoms with van der Waals surface area (Å²) in [6.07, 6.45) is -4.47. The molecule has 10 heteroatoms. The number of alkyl halides is 3. The van der Waals surface area contributed by atoms with Crippen LogP contribution in [0.25, 0.3) is 0 Å². The molecular weight excluding hydrogens is 357 g/mol. The summed E-state index contributed by atoms with van der Waals surface area (Å²) in [5.74, 6) is -0.577. The standard InChI is InChI=1S/C16H13F3N2O5/c1-25-12-6-7-14(13(8-12)21(23)24)26-9-15(22)20-11-4-2-10(3-5-11)16(17,18)19/h2-8H,9H2,1H3,(H,20,22). The van der Waals surface area contributed by atoms with Crippen LogP contribution in [0.1, 0.15) is 5.56 Å². The van der Waals surface area contributed by atoms with E-state index in [0.29, 0.717) is 0 Å².